The summed E-state index contributed by atoms with van der Waals surface area (Å²) in [4.78, 5) is 34.7. The van der Waals surface area contributed by atoms with Crippen LogP contribution >= 0.6 is 0 Å². The second-order valence-electron chi connectivity index (χ2n) is 6.46. The third kappa shape index (κ3) is 2.86. The number of fused-ring (bicyclic) bond motifs is 2. The molecule has 0 fully saturated rings. The van der Waals surface area contributed by atoms with Crippen LogP contribution < -0.4 is 10.9 Å². The smallest absolute Gasteiger partial charge is 0.253 e. The second kappa shape index (κ2) is 6.15. The third-order valence-electron chi connectivity index (χ3n) is 4.66. The molecule has 0 spiro atoms. The zero-order valence-corrected chi connectivity index (χ0v) is 14.5. The standard InChI is InChI=1S/C20H18N4O2/c1-11-5-14-7-15(20(26)24-17(14)6-12(11)2)9-21-19(25)13-3-4-16-18(8-13)23-10-22-16/h3-8,10H,9H2,1-2H3,(H,21,25)(H,22,23)(H,24,26). The molecule has 2 heterocycles. The number of pyridine rings is 1. The number of nitrogens with zero attached hydrogens (tertiary/aromatic N) is 1. The van der Waals surface area contributed by atoms with E-state index >= 15 is 0 Å². The first-order valence-electron chi connectivity index (χ1n) is 8.36. The van der Waals surface area contributed by atoms with Crippen molar-refractivity contribution in [1.82, 2.24) is 20.3 Å². The summed E-state index contributed by atoms with van der Waals surface area (Å²) < 4.78 is 0. The number of imidazole rings is 1. The van der Waals surface area contributed by atoms with Gasteiger partial charge in [-0.1, -0.05) is 0 Å². The number of aromatic nitrogens is 3. The molecule has 4 rings (SSSR count). The van der Waals surface area contributed by atoms with Crippen LogP contribution in [0.25, 0.3) is 21.9 Å². The molecule has 130 valence electrons. The molecule has 0 atom stereocenters. The van der Waals surface area contributed by atoms with Crippen molar-refractivity contribution in [2.75, 3.05) is 0 Å². The molecule has 0 unspecified atom stereocenters. The lowest BCUT2D eigenvalue weighted by Crippen LogP contribution is -2.26. The number of H-pyrrole nitrogens is 2. The van der Waals surface area contributed by atoms with Crippen molar-refractivity contribution in [2.24, 2.45) is 0 Å². The molecule has 0 saturated carbocycles. The lowest BCUT2D eigenvalue weighted by Gasteiger charge is -2.08. The molecule has 26 heavy (non-hydrogen) atoms. The van der Waals surface area contributed by atoms with Crippen LogP contribution in [0.3, 0.4) is 0 Å². The largest absolute Gasteiger partial charge is 0.348 e. The van der Waals surface area contributed by atoms with E-state index in [4.69, 9.17) is 0 Å². The van der Waals surface area contributed by atoms with Gasteiger partial charge in [-0.05, 0) is 66.8 Å². The number of carbonyl (C=O) groups excluding carboxylic acids is 1. The van der Waals surface area contributed by atoms with E-state index in [-0.39, 0.29) is 18.0 Å². The number of nitrogens with one attached hydrogen (secondary N) is 3. The molecule has 1 amide bonds. The molecule has 0 saturated heterocycles. The van der Waals surface area contributed by atoms with Crippen LogP contribution in [0.5, 0.6) is 0 Å². The fourth-order valence-corrected chi connectivity index (χ4v) is 3.01. The monoisotopic (exact) mass is 346 g/mol. The maximum Gasteiger partial charge on any atom is 0.253 e. The highest BCUT2D eigenvalue weighted by molar-refractivity contribution is 5.97. The van der Waals surface area contributed by atoms with Gasteiger partial charge in [-0.25, -0.2) is 4.98 Å². The van der Waals surface area contributed by atoms with Crippen LogP contribution in [0.4, 0.5) is 0 Å². The number of rotatable bonds is 3. The Morgan fingerprint density at radius 1 is 1.08 bits per heavy atom. The van der Waals surface area contributed by atoms with Gasteiger partial charge in [-0.2, -0.15) is 0 Å². The van der Waals surface area contributed by atoms with Crippen molar-refractivity contribution < 1.29 is 4.79 Å². The highest BCUT2D eigenvalue weighted by Crippen LogP contribution is 2.17. The molecule has 2 aromatic carbocycles. The zero-order chi connectivity index (χ0) is 18.3. The summed E-state index contributed by atoms with van der Waals surface area (Å²) in [6, 6.07) is 11.1. The van der Waals surface area contributed by atoms with E-state index in [2.05, 4.69) is 20.3 Å². The van der Waals surface area contributed by atoms with E-state index in [1.54, 1.807) is 24.5 Å². The second-order valence-corrected chi connectivity index (χ2v) is 6.46. The van der Waals surface area contributed by atoms with Crippen LogP contribution in [0, 0.1) is 13.8 Å². The number of benzene rings is 2. The minimum Gasteiger partial charge on any atom is -0.348 e. The van der Waals surface area contributed by atoms with Crippen LogP contribution in [-0.4, -0.2) is 20.9 Å². The molecule has 0 bridgehead atoms. The van der Waals surface area contributed by atoms with E-state index in [1.807, 2.05) is 32.0 Å². The topological polar surface area (TPSA) is 90.6 Å². The first kappa shape index (κ1) is 16.1. The van der Waals surface area contributed by atoms with Gasteiger partial charge in [0.25, 0.3) is 11.5 Å². The van der Waals surface area contributed by atoms with E-state index < -0.39 is 0 Å². The number of amides is 1. The Balaban J connectivity index is 1.58. The van der Waals surface area contributed by atoms with Crippen molar-refractivity contribution >= 4 is 27.8 Å². The SMILES string of the molecule is Cc1cc2cc(CNC(=O)c3ccc4nc[nH]c4c3)c(=O)[nH]c2cc1C. The highest BCUT2D eigenvalue weighted by Gasteiger charge is 2.10. The van der Waals surface area contributed by atoms with Crippen LogP contribution in [0.1, 0.15) is 27.0 Å². The van der Waals surface area contributed by atoms with Gasteiger partial charge >= 0.3 is 0 Å². The van der Waals surface area contributed by atoms with Gasteiger partial charge in [0.15, 0.2) is 0 Å². The molecule has 0 aliphatic carbocycles. The number of aromatic amines is 2. The molecule has 4 aromatic rings. The molecule has 3 N–H and O–H groups in total. The Hall–Kier alpha value is -3.41. The first-order valence-corrected chi connectivity index (χ1v) is 8.36. The van der Waals surface area contributed by atoms with Gasteiger partial charge in [0, 0.05) is 23.2 Å². The lowest BCUT2D eigenvalue weighted by molar-refractivity contribution is 0.0951. The van der Waals surface area contributed by atoms with Crippen molar-refractivity contribution in [3.8, 4) is 0 Å². The minimum atomic E-state index is -0.235. The van der Waals surface area contributed by atoms with Gasteiger partial charge < -0.3 is 15.3 Å². The van der Waals surface area contributed by atoms with Gasteiger partial charge in [0.05, 0.1) is 17.4 Å². The van der Waals surface area contributed by atoms with Crippen LogP contribution in [-0.2, 0) is 6.54 Å². The maximum absolute atomic E-state index is 12.4. The number of aryl methyl sites for hydroxylation is 2. The normalized spacial score (nSPS) is 11.2. The summed E-state index contributed by atoms with van der Waals surface area (Å²) in [6.45, 7) is 4.21. The quantitative estimate of drug-likeness (QED) is 0.533. The summed E-state index contributed by atoms with van der Waals surface area (Å²) >= 11 is 0. The van der Waals surface area contributed by atoms with Crippen molar-refractivity contribution in [3.05, 3.63) is 75.3 Å². The summed E-state index contributed by atoms with van der Waals surface area (Å²) in [6.07, 6.45) is 1.59. The molecule has 6 heteroatoms. The number of carbonyl (C=O) groups is 1. The molecule has 0 aliphatic rings. The highest BCUT2D eigenvalue weighted by atomic mass is 16.1. The van der Waals surface area contributed by atoms with Crippen LogP contribution in [0.15, 0.2) is 47.5 Å². The molecule has 0 radical (unpaired) electrons. The molecule has 2 aromatic heterocycles. The number of hydrogen-bond donors (Lipinski definition) is 3. The van der Waals surface area contributed by atoms with Gasteiger partial charge in [-0.3, -0.25) is 9.59 Å². The van der Waals surface area contributed by atoms with Gasteiger partial charge in [0.2, 0.25) is 0 Å². The Bertz CT molecular complexity index is 1200. The van der Waals surface area contributed by atoms with Gasteiger partial charge in [0.1, 0.15) is 0 Å². The summed E-state index contributed by atoms with van der Waals surface area (Å²) in [5.41, 5.74) is 5.55. The lowest BCUT2D eigenvalue weighted by atomic mass is 10.0. The number of hydrogen-bond acceptors (Lipinski definition) is 3. The molecule has 6 nitrogen and oxygen atoms in total. The van der Waals surface area contributed by atoms with Crippen LogP contribution in [0.2, 0.25) is 0 Å². The minimum absolute atomic E-state index is 0.165. The third-order valence-corrected chi connectivity index (χ3v) is 4.66. The van der Waals surface area contributed by atoms with Crippen molar-refractivity contribution in [1.29, 1.82) is 0 Å². The first-order chi connectivity index (χ1) is 12.5. The van der Waals surface area contributed by atoms with E-state index in [9.17, 15) is 9.59 Å². The molecular formula is C20H18N4O2. The zero-order valence-electron chi connectivity index (χ0n) is 14.5. The van der Waals surface area contributed by atoms with Gasteiger partial charge in [-0.15, -0.1) is 0 Å². The Morgan fingerprint density at radius 2 is 1.88 bits per heavy atom. The van der Waals surface area contributed by atoms with E-state index in [0.717, 1.165) is 33.1 Å². The maximum atomic E-state index is 12.4. The summed E-state index contributed by atoms with van der Waals surface area (Å²) in [5, 5.41) is 3.76. The van der Waals surface area contributed by atoms with E-state index in [1.165, 1.54) is 0 Å². The van der Waals surface area contributed by atoms with Crippen molar-refractivity contribution in [2.45, 2.75) is 20.4 Å². The van der Waals surface area contributed by atoms with Crippen molar-refractivity contribution in [3.63, 3.8) is 0 Å². The average molecular weight is 346 g/mol. The average Bonchev–Trinajstić information content (AvgIpc) is 3.09. The Labute approximate surface area is 149 Å². The summed E-state index contributed by atoms with van der Waals surface area (Å²) in [7, 11) is 0. The summed E-state index contributed by atoms with van der Waals surface area (Å²) in [5.74, 6) is -0.235. The van der Waals surface area contributed by atoms with E-state index in [0.29, 0.717) is 11.1 Å². The predicted octanol–water partition coefficient (Wildman–Crippen LogP) is 2.95. The Kier molecular flexibility index (Phi) is 3.80. The Morgan fingerprint density at radius 3 is 2.73 bits per heavy atom. The molecular weight excluding hydrogens is 328 g/mol. The fourth-order valence-electron chi connectivity index (χ4n) is 3.01. The fraction of sp³-hybridized carbons (Fsp3) is 0.150. The molecule has 0 aliphatic heterocycles. The predicted molar refractivity (Wildman–Crippen MR) is 101 cm³/mol.